The summed E-state index contributed by atoms with van der Waals surface area (Å²) in [5, 5.41) is 11.4. The Kier molecular flexibility index (Phi) is 13.7. The summed E-state index contributed by atoms with van der Waals surface area (Å²) in [4.78, 5) is 80.4. The van der Waals surface area contributed by atoms with Gasteiger partial charge in [0.25, 0.3) is 15.9 Å². The van der Waals surface area contributed by atoms with E-state index in [1.807, 2.05) is 45.9 Å². The third kappa shape index (κ3) is 11.0. The second-order valence-electron chi connectivity index (χ2n) is 19.8. The van der Waals surface area contributed by atoms with Crippen molar-refractivity contribution in [3.05, 3.63) is 78.2 Å². The summed E-state index contributed by atoms with van der Waals surface area (Å²) in [6.45, 7) is 17.0. The molecule has 4 N–H and O–H groups in total. The Labute approximate surface area is 389 Å². The second kappa shape index (κ2) is 18.8. The molecule has 2 saturated carbocycles. The van der Waals surface area contributed by atoms with Gasteiger partial charge in [0.15, 0.2) is 5.13 Å². The molecule has 0 unspecified atom stereocenters. The van der Waals surface area contributed by atoms with Crippen LogP contribution in [0.15, 0.2) is 77.5 Å². The number of hydrogen-bond donors (Lipinski definition) is 4. The zero-order valence-corrected chi connectivity index (χ0v) is 40.1. The highest BCUT2D eigenvalue weighted by atomic mass is 32.2. The molecule has 5 atom stereocenters. The SMILES string of the molecule is C=C[C@@H]1C[C@]1(NC(=O)[C@@H]1C[C@@H](Oc2cc(-c3csc(NC(=O)CC(C)(C)C)n3)nc3cc(C)ccc23)CN1C(=O)[C@@H](NC(=O)OC1CCCC1)C(C)(C)C)C(=O)NS(=O)(=O)c1ccccc1. The van der Waals surface area contributed by atoms with Gasteiger partial charge in [-0.05, 0) is 79.7 Å². The van der Waals surface area contributed by atoms with Crippen molar-refractivity contribution >= 4 is 67.1 Å². The number of likely N-dealkylation sites (tertiary alicyclic amines) is 1. The Bertz CT molecular complexity index is 2630. The molecule has 0 spiro atoms. The third-order valence-corrected chi connectivity index (χ3v) is 14.2. The first-order valence-electron chi connectivity index (χ1n) is 22.2. The molecule has 3 heterocycles. The van der Waals surface area contributed by atoms with Crippen LogP contribution in [-0.4, -0.2) is 89.4 Å². The second-order valence-corrected chi connectivity index (χ2v) is 22.4. The molecule has 2 aromatic heterocycles. The van der Waals surface area contributed by atoms with E-state index in [1.54, 1.807) is 38.3 Å². The normalized spacial score (nSPS) is 21.4. The van der Waals surface area contributed by atoms with E-state index in [-0.39, 0.29) is 41.7 Å². The van der Waals surface area contributed by atoms with E-state index in [4.69, 9.17) is 14.5 Å². The number of pyridine rings is 1. The number of rotatable bonds is 14. The number of amides is 5. The molecule has 0 radical (unpaired) electrons. The van der Waals surface area contributed by atoms with Crippen LogP contribution < -0.4 is 25.4 Å². The maximum atomic E-state index is 14.9. The largest absolute Gasteiger partial charge is 0.488 e. The van der Waals surface area contributed by atoms with Crippen molar-refractivity contribution in [1.82, 2.24) is 30.2 Å². The van der Waals surface area contributed by atoms with Crippen molar-refractivity contribution in [2.75, 3.05) is 11.9 Å². The maximum Gasteiger partial charge on any atom is 0.408 e. The van der Waals surface area contributed by atoms with Crippen molar-refractivity contribution in [3.8, 4) is 17.1 Å². The molecule has 1 aliphatic heterocycles. The van der Waals surface area contributed by atoms with Crippen LogP contribution in [0, 0.1) is 23.7 Å². The van der Waals surface area contributed by atoms with Crippen molar-refractivity contribution in [1.29, 1.82) is 0 Å². The lowest BCUT2D eigenvalue weighted by Gasteiger charge is -2.35. The molecule has 16 nitrogen and oxygen atoms in total. The monoisotopic (exact) mass is 941 g/mol. The minimum absolute atomic E-state index is 0.0363. The van der Waals surface area contributed by atoms with Crippen molar-refractivity contribution < 1.29 is 41.9 Å². The Balaban J connectivity index is 1.20. The van der Waals surface area contributed by atoms with Crippen molar-refractivity contribution in [3.63, 3.8) is 0 Å². The first-order valence-corrected chi connectivity index (χ1v) is 24.6. The highest BCUT2D eigenvalue weighted by molar-refractivity contribution is 7.90. The number of nitrogens with one attached hydrogen (secondary N) is 4. The average Bonchev–Trinajstić information content (AvgIpc) is 3.64. The summed E-state index contributed by atoms with van der Waals surface area (Å²) in [5.41, 5.74) is -0.218. The summed E-state index contributed by atoms with van der Waals surface area (Å²) in [6, 6.07) is 12.5. The van der Waals surface area contributed by atoms with Gasteiger partial charge >= 0.3 is 6.09 Å². The topological polar surface area (TPSA) is 215 Å². The van der Waals surface area contributed by atoms with Crippen molar-refractivity contribution in [2.24, 2.45) is 16.7 Å². The number of fused-ring (bicyclic) bond motifs is 1. The number of hydrogen-bond acceptors (Lipinski definition) is 12. The number of anilines is 1. The van der Waals surface area contributed by atoms with Gasteiger partial charge in [-0.15, -0.1) is 17.9 Å². The van der Waals surface area contributed by atoms with Crippen LogP contribution in [0.4, 0.5) is 9.93 Å². The van der Waals surface area contributed by atoms with E-state index >= 15 is 0 Å². The van der Waals surface area contributed by atoms with Gasteiger partial charge in [-0.25, -0.2) is 27.9 Å². The summed E-state index contributed by atoms with van der Waals surface area (Å²) in [7, 11) is -4.31. The van der Waals surface area contributed by atoms with Crippen LogP contribution in [0.3, 0.4) is 0 Å². The number of ether oxygens (including phenoxy) is 2. The lowest BCUT2D eigenvalue weighted by molar-refractivity contribution is -0.143. The van der Waals surface area contributed by atoms with E-state index in [9.17, 15) is 32.4 Å². The van der Waals surface area contributed by atoms with Gasteiger partial charge in [-0.1, -0.05) is 71.9 Å². The van der Waals surface area contributed by atoms with Gasteiger partial charge < -0.3 is 30.3 Å². The number of aromatic nitrogens is 2. The predicted octanol–water partition coefficient (Wildman–Crippen LogP) is 7.04. The van der Waals surface area contributed by atoms with Gasteiger partial charge in [0.05, 0.1) is 22.7 Å². The number of carbonyl (C=O) groups is 5. The number of benzene rings is 2. The van der Waals surface area contributed by atoms with Gasteiger partial charge in [0, 0.05) is 35.6 Å². The van der Waals surface area contributed by atoms with Crippen molar-refractivity contribution in [2.45, 2.75) is 128 Å². The molecule has 3 aliphatic rings. The molecule has 66 heavy (non-hydrogen) atoms. The molecule has 1 saturated heterocycles. The van der Waals surface area contributed by atoms with Gasteiger partial charge in [-0.3, -0.25) is 19.2 Å². The Morgan fingerprint density at radius 2 is 1.68 bits per heavy atom. The van der Waals surface area contributed by atoms with Crippen LogP contribution in [0.2, 0.25) is 0 Å². The summed E-state index contributed by atoms with van der Waals surface area (Å²) >= 11 is 1.27. The zero-order valence-electron chi connectivity index (χ0n) is 38.4. The van der Waals surface area contributed by atoms with E-state index in [0.29, 0.717) is 39.6 Å². The highest BCUT2D eigenvalue weighted by Crippen LogP contribution is 2.45. The molecular weight excluding hydrogens is 883 g/mol. The van der Waals surface area contributed by atoms with Crippen LogP contribution in [0.25, 0.3) is 22.3 Å². The summed E-state index contributed by atoms with van der Waals surface area (Å²) < 4.78 is 41.2. The Hall–Kier alpha value is -5.88. The third-order valence-electron chi connectivity index (χ3n) is 12.1. The Morgan fingerprint density at radius 1 is 0.970 bits per heavy atom. The number of carbonyl (C=O) groups excluding carboxylic acids is 5. The van der Waals surface area contributed by atoms with E-state index in [1.165, 1.54) is 46.6 Å². The fourth-order valence-electron chi connectivity index (χ4n) is 8.52. The Morgan fingerprint density at radius 3 is 2.33 bits per heavy atom. The van der Waals surface area contributed by atoms with E-state index in [2.05, 4.69) is 32.2 Å². The highest BCUT2D eigenvalue weighted by Gasteiger charge is 2.61. The molecule has 18 heteroatoms. The van der Waals surface area contributed by atoms with Crippen LogP contribution in [0.5, 0.6) is 5.75 Å². The van der Waals surface area contributed by atoms with Gasteiger partial charge in [-0.2, -0.15) is 0 Å². The van der Waals surface area contributed by atoms with Crippen LogP contribution in [-0.2, 0) is 33.9 Å². The van der Waals surface area contributed by atoms with Gasteiger partial charge in [0.1, 0.15) is 41.3 Å². The fraction of sp³-hybridized carbons (Fsp3) is 0.479. The average molecular weight is 942 g/mol. The molecule has 5 amide bonds. The van der Waals surface area contributed by atoms with Gasteiger partial charge in [0.2, 0.25) is 17.7 Å². The number of alkyl carbamates (subject to hydrolysis) is 1. The number of aryl methyl sites for hydroxylation is 1. The first-order chi connectivity index (χ1) is 31.0. The maximum absolute atomic E-state index is 14.9. The van der Waals surface area contributed by atoms with Crippen LogP contribution in [0.1, 0.15) is 92.1 Å². The van der Waals surface area contributed by atoms with E-state index in [0.717, 1.165) is 31.2 Å². The minimum Gasteiger partial charge on any atom is -0.488 e. The molecule has 7 rings (SSSR count). The first kappa shape index (κ1) is 48.1. The molecule has 352 valence electrons. The smallest absolute Gasteiger partial charge is 0.408 e. The predicted molar refractivity (Wildman–Crippen MR) is 251 cm³/mol. The molecule has 0 bridgehead atoms. The number of thiazole rings is 1. The van der Waals surface area contributed by atoms with Crippen LogP contribution >= 0.6 is 11.3 Å². The van der Waals surface area contributed by atoms with E-state index < -0.39 is 68.9 Å². The summed E-state index contributed by atoms with van der Waals surface area (Å²) in [6.07, 6.45) is 3.35. The molecule has 2 aromatic carbocycles. The quantitative estimate of drug-likeness (QED) is 0.0941. The molecule has 3 fully saturated rings. The minimum atomic E-state index is -4.31. The number of sulfonamides is 1. The lowest BCUT2D eigenvalue weighted by atomic mass is 9.85. The molecule has 4 aromatic rings. The fourth-order valence-corrected chi connectivity index (χ4v) is 10.3. The standard InChI is InChI=1S/C48H59N7O9S2/c1-9-29-24-48(29,43(59)54-66(61,62)32-17-11-10-12-18-32)53-41(57)37-22-31(26-55(37)42(58)40(47(6,7)8)52-45(60)64-30-15-13-14-16-30)63-38-23-35(49-34-21-28(2)19-20-33(34)38)36-27-65-44(50-36)51-39(56)25-46(3,4)5/h9-12,17-21,23,27,29-31,37,40H,1,13-16,22,24-26H2,2-8H3,(H,52,60)(H,53,57)(H,54,59)(H,50,51,56)/t29-,31-,37+,40-,48-/m1/s1. The lowest BCUT2D eigenvalue weighted by Crippen LogP contribution is -2.60. The summed E-state index contributed by atoms with van der Waals surface area (Å²) in [5.74, 6) is -2.59. The molecule has 2 aliphatic carbocycles. The molecular formula is C48H59N7O9S2. The zero-order chi connectivity index (χ0) is 47.8. The number of nitrogens with zero attached hydrogens (tertiary/aromatic N) is 3.